The Labute approximate surface area is 295 Å². The number of benzene rings is 7. The molecule has 0 bridgehead atoms. The van der Waals surface area contributed by atoms with E-state index in [1.807, 2.05) is 12.4 Å². The van der Waals surface area contributed by atoms with Crippen molar-refractivity contribution in [2.24, 2.45) is 0 Å². The SMILES string of the molecule is c1ccc(C2(c3ccncc3)c3ccccc3-c3ccc(-c4nc(-c5cccc6ccccc56)nc(-c5cccc6ccccc56)n4)cc32)cc1. The molecule has 4 heteroatoms. The lowest BCUT2D eigenvalue weighted by Gasteiger charge is -2.33. The molecule has 1 aliphatic rings. The molecule has 0 aliphatic heterocycles. The molecule has 0 fully saturated rings. The summed E-state index contributed by atoms with van der Waals surface area (Å²) in [6.07, 6.45) is 3.78. The maximum atomic E-state index is 5.27. The van der Waals surface area contributed by atoms with Crippen LogP contribution < -0.4 is 0 Å². The third kappa shape index (κ3) is 4.54. The fraction of sp³-hybridized carbons (Fsp3) is 0.0213. The molecule has 0 saturated carbocycles. The smallest absolute Gasteiger partial charge is 0.164 e. The second kappa shape index (κ2) is 11.7. The van der Waals surface area contributed by atoms with Gasteiger partial charge in [0, 0.05) is 29.1 Å². The van der Waals surface area contributed by atoms with Gasteiger partial charge in [0.15, 0.2) is 17.5 Å². The number of aromatic nitrogens is 4. The van der Waals surface area contributed by atoms with E-state index >= 15 is 0 Å². The fourth-order valence-electron chi connectivity index (χ4n) is 8.08. The lowest BCUT2D eigenvalue weighted by atomic mass is 9.68. The van der Waals surface area contributed by atoms with Crippen LogP contribution in [0.4, 0.5) is 0 Å². The van der Waals surface area contributed by atoms with E-state index < -0.39 is 5.41 Å². The molecule has 10 rings (SSSR count). The van der Waals surface area contributed by atoms with E-state index in [1.165, 1.54) is 27.8 Å². The minimum absolute atomic E-state index is 0.559. The highest BCUT2D eigenvalue weighted by molar-refractivity contribution is 5.98. The van der Waals surface area contributed by atoms with Gasteiger partial charge in [0.2, 0.25) is 0 Å². The minimum atomic E-state index is -0.559. The van der Waals surface area contributed by atoms with Gasteiger partial charge < -0.3 is 0 Å². The van der Waals surface area contributed by atoms with Gasteiger partial charge >= 0.3 is 0 Å². The van der Waals surface area contributed by atoms with Gasteiger partial charge in [-0.3, -0.25) is 4.98 Å². The molecule has 4 nitrogen and oxygen atoms in total. The summed E-state index contributed by atoms with van der Waals surface area (Å²) in [5.74, 6) is 1.92. The van der Waals surface area contributed by atoms with Gasteiger partial charge in [-0.1, -0.05) is 152 Å². The molecule has 0 radical (unpaired) electrons. The predicted molar refractivity (Wildman–Crippen MR) is 206 cm³/mol. The maximum Gasteiger partial charge on any atom is 0.164 e. The summed E-state index contributed by atoms with van der Waals surface area (Å²) in [6.45, 7) is 0. The lowest BCUT2D eigenvalue weighted by molar-refractivity contribution is 0.766. The third-order valence-corrected chi connectivity index (χ3v) is 10.3. The van der Waals surface area contributed by atoms with Crippen molar-refractivity contribution in [2.45, 2.75) is 5.41 Å². The molecule has 0 N–H and O–H groups in total. The summed E-state index contributed by atoms with van der Waals surface area (Å²) in [4.78, 5) is 20.1. The highest BCUT2D eigenvalue weighted by Gasteiger charge is 2.46. The first-order valence-electron chi connectivity index (χ1n) is 17.2. The van der Waals surface area contributed by atoms with Gasteiger partial charge in [-0.25, -0.2) is 15.0 Å². The molecule has 9 aromatic rings. The number of fused-ring (bicyclic) bond motifs is 5. The predicted octanol–water partition coefficient (Wildman–Crippen LogP) is 10.9. The highest BCUT2D eigenvalue weighted by Crippen LogP contribution is 2.56. The van der Waals surface area contributed by atoms with Crippen molar-refractivity contribution >= 4 is 21.5 Å². The second-order valence-electron chi connectivity index (χ2n) is 13.0. The van der Waals surface area contributed by atoms with Crippen LogP contribution >= 0.6 is 0 Å². The van der Waals surface area contributed by atoms with E-state index in [0.717, 1.165) is 43.8 Å². The molecule has 7 aromatic carbocycles. The number of pyridine rings is 1. The van der Waals surface area contributed by atoms with Crippen LogP contribution in [0.25, 0.3) is 66.8 Å². The topological polar surface area (TPSA) is 51.6 Å². The summed E-state index contributed by atoms with van der Waals surface area (Å²) in [6, 6.07) is 60.0. The summed E-state index contributed by atoms with van der Waals surface area (Å²) in [7, 11) is 0. The second-order valence-corrected chi connectivity index (χ2v) is 13.0. The largest absolute Gasteiger partial charge is 0.265 e. The average molecular weight is 651 g/mol. The molecule has 51 heavy (non-hydrogen) atoms. The van der Waals surface area contributed by atoms with Crippen LogP contribution in [0.1, 0.15) is 22.3 Å². The Morgan fingerprint density at radius 2 is 0.863 bits per heavy atom. The first-order valence-corrected chi connectivity index (χ1v) is 17.2. The van der Waals surface area contributed by atoms with Crippen LogP contribution in [-0.2, 0) is 5.41 Å². The number of nitrogens with zero attached hydrogens (tertiary/aromatic N) is 4. The Hall–Kier alpha value is -6.78. The monoisotopic (exact) mass is 650 g/mol. The van der Waals surface area contributed by atoms with Crippen LogP contribution in [0.5, 0.6) is 0 Å². The molecule has 238 valence electrons. The van der Waals surface area contributed by atoms with Crippen molar-refractivity contribution in [3.8, 4) is 45.3 Å². The van der Waals surface area contributed by atoms with E-state index in [-0.39, 0.29) is 0 Å². The summed E-state index contributed by atoms with van der Waals surface area (Å²) in [5, 5.41) is 4.49. The summed E-state index contributed by atoms with van der Waals surface area (Å²) in [5.41, 5.74) is 9.55. The average Bonchev–Trinajstić information content (AvgIpc) is 3.51. The zero-order chi connectivity index (χ0) is 33.8. The number of hydrogen-bond acceptors (Lipinski definition) is 4. The van der Waals surface area contributed by atoms with Crippen molar-refractivity contribution in [3.05, 3.63) is 205 Å². The quantitative estimate of drug-likeness (QED) is 0.186. The van der Waals surface area contributed by atoms with Gasteiger partial charge in [-0.2, -0.15) is 0 Å². The van der Waals surface area contributed by atoms with E-state index in [9.17, 15) is 0 Å². The summed E-state index contributed by atoms with van der Waals surface area (Å²) >= 11 is 0. The van der Waals surface area contributed by atoms with Crippen LogP contribution in [0.3, 0.4) is 0 Å². The Balaban J connectivity index is 1.26. The molecule has 0 spiro atoms. The molecular weight excluding hydrogens is 621 g/mol. The van der Waals surface area contributed by atoms with Gasteiger partial charge in [-0.05, 0) is 73.1 Å². The van der Waals surface area contributed by atoms with Gasteiger partial charge in [0.25, 0.3) is 0 Å². The molecule has 1 atom stereocenters. The molecule has 2 heterocycles. The van der Waals surface area contributed by atoms with Gasteiger partial charge in [0.1, 0.15) is 0 Å². The minimum Gasteiger partial charge on any atom is -0.265 e. The standard InChI is InChI=1S/C47H30N4/c1-2-16-34(17-3-1)47(35-26-28-48-29-27-35)42-23-9-8-20-38(42)39-25-24-33(30-43(39)47)44-49-45(40-21-10-14-31-12-4-6-18-36(31)40)51-46(50-44)41-22-11-15-32-13-5-7-19-37(32)41/h1-30H. The van der Waals surface area contributed by atoms with Crippen molar-refractivity contribution in [3.63, 3.8) is 0 Å². The normalized spacial score (nSPS) is 14.7. The molecule has 0 amide bonds. The Morgan fingerprint density at radius 3 is 1.55 bits per heavy atom. The third-order valence-electron chi connectivity index (χ3n) is 10.3. The molecule has 1 aliphatic carbocycles. The van der Waals surface area contributed by atoms with Crippen LogP contribution in [0.15, 0.2) is 182 Å². The van der Waals surface area contributed by atoms with Gasteiger partial charge in [-0.15, -0.1) is 0 Å². The van der Waals surface area contributed by atoms with Crippen LogP contribution in [-0.4, -0.2) is 19.9 Å². The molecule has 2 aromatic heterocycles. The number of hydrogen-bond donors (Lipinski definition) is 0. The zero-order valence-corrected chi connectivity index (χ0v) is 27.6. The van der Waals surface area contributed by atoms with E-state index in [1.54, 1.807) is 0 Å². The van der Waals surface area contributed by atoms with Crippen molar-refractivity contribution < 1.29 is 0 Å². The Kier molecular flexibility index (Phi) is 6.68. The molecule has 1 unspecified atom stereocenters. The van der Waals surface area contributed by atoms with Crippen LogP contribution in [0.2, 0.25) is 0 Å². The highest BCUT2D eigenvalue weighted by atomic mass is 15.0. The van der Waals surface area contributed by atoms with Crippen LogP contribution in [0, 0.1) is 0 Å². The van der Waals surface area contributed by atoms with E-state index in [4.69, 9.17) is 15.0 Å². The molecular formula is C47H30N4. The Bertz CT molecular complexity index is 2610. The fourth-order valence-corrected chi connectivity index (χ4v) is 8.08. The van der Waals surface area contributed by atoms with Crippen molar-refractivity contribution in [2.75, 3.05) is 0 Å². The first kappa shape index (κ1) is 29.2. The van der Waals surface area contributed by atoms with Crippen molar-refractivity contribution in [1.29, 1.82) is 0 Å². The molecule has 0 saturated heterocycles. The van der Waals surface area contributed by atoms with Crippen molar-refractivity contribution in [1.82, 2.24) is 19.9 Å². The number of rotatable bonds is 5. The summed E-state index contributed by atoms with van der Waals surface area (Å²) < 4.78 is 0. The van der Waals surface area contributed by atoms with Gasteiger partial charge in [0.05, 0.1) is 5.41 Å². The maximum absolute atomic E-state index is 5.27. The Morgan fingerprint density at radius 1 is 0.353 bits per heavy atom. The zero-order valence-electron chi connectivity index (χ0n) is 27.6. The first-order chi connectivity index (χ1) is 25.3. The van der Waals surface area contributed by atoms with E-state index in [0.29, 0.717) is 17.5 Å². The lowest BCUT2D eigenvalue weighted by Crippen LogP contribution is -2.28. The van der Waals surface area contributed by atoms with E-state index in [2.05, 4.69) is 175 Å².